The molecule has 0 atom stereocenters. The van der Waals surface area contributed by atoms with E-state index >= 15 is 0 Å². The Bertz CT molecular complexity index is 581. The second kappa shape index (κ2) is 6.00. The van der Waals surface area contributed by atoms with Crippen LogP contribution in [0.3, 0.4) is 0 Å². The zero-order valence-corrected chi connectivity index (χ0v) is 10.9. The van der Waals surface area contributed by atoms with Gasteiger partial charge >= 0.3 is 0 Å². The quantitative estimate of drug-likeness (QED) is 0.877. The van der Waals surface area contributed by atoms with Crippen LogP contribution in [0.25, 0.3) is 0 Å². The molecule has 4 nitrogen and oxygen atoms in total. The molecule has 2 rings (SSSR count). The van der Waals surface area contributed by atoms with E-state index in [4.69, 9.17) is 5.73 Å². The molecule has 0 fully saturated rings. The molecule has 1 heterocycles. The second-order valence-corrected chi connectivity index (χ2v) is 4.40. The van der Waals surface area contributed by atoms with Crippen LogP contribution in [0.5, 0.6) is 0 Å². The molecule has 1 aromatic heterocycles. The van der Waals surface area contributed by atoms with Crippen LogP contribution in [0.15, 0.2) is 42.7 Å². The zero-order chi connectivity index (χ0) is 13.7. The van der Waals surface area contributed by atoms with Crippen molar-refractivity contribution in [1.29, 1.82) is 0 Å². The van der Waals surface area contributed by atoms with Crippen molar-refractivity contribution in [1.82, 2.24) is 10.3 Å². The van der Waals surface area contributed by atoms with Crippen molar-refractivity contribution in [3.05, 3.63) is 59.4 Å². The fourth-order valence-corrected chi connectivity index (χ4v) is 1.91. The second-order valence-electron chi connectivity index (χ2n) is 4.40. The maximum Gasteiger partial charge on any atom is 0.253 e. The SMILES string of the molecule is Cc1ccccc1CCNC(=O)c1ccncc1N. The van der Waals surface area contributed by atoms with Gasteiger partial charge in [-0.2, -0.15) is 0 Å². The highest BCUT2D eigenvalue weighted by atomic mass is 16.1. The number of benzene rings is 1. The van der Waals surface area contributed by atoms with Gasteiger partial charge in [0.1, 0.15) is 0 Å². The van der Waals surface area contributed by atoms with Crippen LogP contribution in [-0.2, 0) is 6.42 Å². The lowest BCUT2D eigenvalue weighted by molar-refractivity contribution is 0.0955. The summed E-state index contributed by atoms with van der Waals surface area (Å²) in [5.74, 6) is -0.159. The standard InChI is InChI=1S/C15H17N3O/c1-11-4-2-3-5-12(11)6-9-18-15(19)13-7-8-17-10-14(13)16/h2-5,7-8,10H,6,9,16H2,1H3,(H,18,19). The summed E-state index contributed by atoms with van der Waals surface area (Å²) in [7, 11) is 0. The van der Waals surface area contributed by atoms with Crippen LogP contribution in [0, 0.1) is 6.92 Å². The molecule has 2 aromatic rings. The van der Waals surface area contributed by atoms with E-state index < -0.39 is 0 Å². The van der Waals surface area contributed by atoms with Crippen LogP contribution < -0.4 is 11.1 Å². The number of amides is 1. The van der Waals surface area contributed by atoms with Crippen molar-refractivity contribution in [3.63, 3.8) is 0 Å². The summed E-state index contributed by atoms with van der Waals surface area (Å²) in [6.45, 7) is 2.66. The highest BCUT2D eigenvalue weighted by Gasteiger charge is 2.08. The molecule has 1 amide bonds. The summed E-state index contributed by atoms with van der Waals surface area (Å²) in [4.78, 5) is 15.8. The number of hydrogen-bond donors (Lipinski definition) is 2. The number of carbonyl (C=O) groups excluding carboxylic acids is 1. The minimum Gasteiger partial charge on any atom is -0.397 e. The molecule has 4 heteroatoms. The summed E-state index contributed by atoms with van der Waals surface area (Å²) < 4.78 is 0. The number of hydrogen-bond acceptors (Lipinski definition) is 3. The summed E-state index contributed by atoms with van der Waals surface area (Å²) in [6.07, 6.45) is 3.85. The van der Waals surface area contributed by atoms with Crippen molar-refractivity contribution in [3.8, 4) is 0 Å². The Hall–Kier alpha value is -2.36. The summed E-state index contributed by atoms with van der Waals surface area (Å²) >= 11 is 0. The number of nitrogen functional groups attached to an aromatic ring is 1. The van der Waals surface area contributed by atoms with Gasteiger partial charge in [0, 0.05) is 12.7 Å². The third kappa shape index (κ3) is 3.31. The minimum absolute atomic E-state index is 0.159. The van der Waals surface area contributed by atoms with Gasteiger partial charge in [-0.25, -0.2) is 0 Å². The number of rotatable bonds is 4. The van der Waals surface area contributed by atoms with Crippen molar-refractivity contribution >= 4 is 11.6 Å². The van der Waals surface area contributed by atoms with Gasteiger partial charge in [0.2, 0.25) is 0 Å². The molecule has 0 spiro atoms. The Kier molecular flexibility index (Phi) is 4.13. The first-order chi connectivity index (χ1) is 9.18. The molecule has 19 heavy (non-hydrogen) atoms. The number of anilines is 1. The first-order valence-electron chi connectivity index (χ1n) is 6.20. The van der Waals surface area contributed by atoms with Gasteiger partial charge in [0.05, 0.1) is 17.4 Å². The maximum absolute atomic E-state index is 11.9. The first-order valence-corrected chi connectivity index (χ1v) is 6.20. The summed E-state index contributed by atoms with van der Waals surface area (Å²) in [5.41, 5.74) is 9.05. The third-order valence-electron chi connectivity index (χ3n) is 3.04. The van der Waals surface area contributed by atoms with Gasteiger partial charge in [0.15, 0.2) is 0 Å². The van der Waals surface area contributed by atoms with Crippen molar-refractivity contribution in [2.75, 3.05) is 12.3 Å². The molecule has 0 radical (unpaired) electrons. The van der Waals surface area contributed by atoms with Gasteiger partial charge in [-0.15, -0.1) is 0 Å². The van der Waals surface area contributed by atoms with Gasteiger partial charge in [-0.1, -0.05) is 24.3 Å². The third-order valence-corrected chi connectivity index (χ3v) is 3.04. The smallest absolute Gasteiger partial charge is 0.253 e. The zero-order valence-electron chi connectivity index (χ0n) is 10.9. The summed E-state index contributed by atoms with van der Waals surface area (Å²) in [6, 6.07) is 9.78. The molecule has 0 saturated carbocycles. The monoisotopic (exact) mass is 255 g/mol. The normalized spacial score (nSPS) is 10.2. The number of nitrogens with zero attached hydrogens (tertiary/aromatic N) is 1. The first kappa shape index (κ1) is 13.1. The topological polar surface area (TPSA) is 68.0 Å². The van der Waals surface area contributed by atoms with E-state index in [-0.39, 0.29) is 5.91 Å². The maximum atomic E-state index is 11.9. The molecule has 3 N–H and O–H groups in total. The number of pyridine rings is 1. The molecular formula is C15H17N3O. The number of carbonyl (C=O) groups is 1. The van der Waals surface area contributed by atoms with E-state index in [1.54, 1.807) is 12.3 Å². The molecule has 0 aliphatic heterocycles. The fraction of sp³-hybridized carbons (Fsp3) is 0.200. The number of nitrogens with one attached hydrogen (secondary N) is 1. The predicted molar refractivity (Wildman–Crippen MR) is 75.9 cm³/mol. The van der Waals surface area contributed by atoms with Crippen LogP contribution in [0.1, 0.15) is 21.5 Å². The van der Waals surface area contributed by atoms with Crippen molar-refractivity contribution in [2.45, 2.75) is 13.3 Å². The van der Waals surface area contributed by atoms with Gasteiger partial charge < -0.3 is 11.1 Å². The highest BCUT2D eigenvalue weighted by Crippen LogP contribution is 2.09. The molecule has 0 unspecified atom stereocenters. The molecule has 0 saturated heterocycles. The Morgan fingerprint density at radius 1 is 1.32 bits per heavy atom. The van der Waals surface area contributed by atoms with Gasteiger partial charge in [-0.3, -0.25) is 9.78 Å². The van der Waals surface area contributed by atoms with E-state index in [0.29, 0.717) is 17.8 Å². The van der Waals surface area contributed by atoms with E-state index in [2.05, 4.69) is 29.4 Å². The number of aromatic nitrogens is 1. The Morgan fingerprint density at radius 3 is 2.84 bits per heavy atom. The highest BCUT2D eigenvalue weighted by molar-refractivity contribution is 5.98. The van der Waals surface area contributed by atoms with E-state index in [1.807, 2.05) is 12.1 Å². The van der Waals surface area contributed by atoms with E-state index in [9.17, 15) is 4.79 Å². The predicted octanol–water partition coefficient (Wildman–Crippen LogP) is 1.94. The van der Waals surface area contributed by atoms with Gasteiger partial charge in [0.25, 0.3) is 5.91 Å². The summed E-state index contributed by atoms with van der Waals surface area (Å²) in [5, 5.41) is 2.87. The molecule has 0 bridgehead atoms. The number of nitrogens with two attached hydrogens (primary N) is 1. The van der Waals surface area contributed by atoms with Crippen LogP contribution in [-0.4, -0.2) is 17.4 Å². The molecule has 0 aliphatic rings. The van der Waals surface area contributed by atoms with E-state index in [1.165, 1.54) is 17.3 Å². The van der Waals surface area contributed by atoms with Crippen LogP contribution in [0.2, 0.25) is 0 Å². The fourth-order valence-electron chi connectivity index (χ4n) is 1.91. The Morgan fingerprint density at radius 2 is 2.11 bits per heavy atom. The molecule has 0 aliphatic carbocycles. The van der Waals surface area contributed by atoms with Crippen LogP contribution in [0.4, 0.5) is 5.69 Å². The average molecular weight is 255 g/mol. The van der Waals surface area contributed by atoms with Crippen LogP contribution >= 0.6 is 0 Å². The lowest BCUT2D eigenvalue weighted by Gasteiger charge is -2.08. The molecule has 1 aromatic carbocycles. The van der Waals surface area contributed by atoms with E-state index in [0.717, 1.165) is 6.42 Å². The Labute approximate surface area is 112 Å². The lowest BCUT2D eigenvalue weighted by Crippen LogP contribution is -2.26. The van der Waals surface area contributed by atoms with Gasteiger partial charge in [-0.05, 0) is 30.5 Å². The minimum atomic E-state index is -0.159. The largest absolute Gasteiger partial charge is 0.397 e. The molecule has 98 valence electrons. The van der Waals surface area contributed by atoms with Crippen molar-refractivity contribution < 1.29 is 4.79 Å². The van der Waals surface area contributed by atoms with Crippen molar-refractivity contribution in [2.24, 2.45) is 0 Å². The lowest BCUT2D eigenvalue weighted by atomic mass is 10.1. The number of aryl methyl sites for hydroxylation is 1. The Balaban J connectivity index is 1.92. The average Bonchev–Trinajstić information content (AvgIpc) is 2.41. The molecular weight excluding hydrogens is 238 g/mol.